The molecular formula is C27H32N6O3. The van der Waals surface area contributed by atoms with Gasteiger partial charge in [0.2, 0.25) is 12.5 Å². The standard InChI is InChI=1S/C27H32N6O3/c1-27(2,3)36-26(35)32-14-7-8-19(18-32)22-9-5-10-23(31-22)21-17-29-33-15-12-20(16-24(21)33)30-25(34)11-6-13-28-4/h5,9-10,12,15-17,19H,6-8,11,13-14,18H2,1-3H3,(H,30,34). The third-order valence-electron chi connectivity index (χ3n) is 6.02. The van der Waals surface area contributed by atoms with Crippen molar-refractivity contribution in [3.05, 3.63) is 59.8 Å². The van der Waals surface area contributed by atoms with E-state index in [1.807, 2.05) is 45.0 Å². The Labute approximate surface area is 211 Å². The molecule has 188 valence electrons. The highest BCUT2D eigenvalue weighted by molar-refractivity contribution is 5.92. The Morgan fingerprint density at radius 1 is 1.28 bits per heavy atom. The average Bonchev–Trinajstić information content (AvgIpc) is 3.27. The van der Waals surface area contributed by atoms with Crippen LogP contribution in [0.5, 0.6) is 0 Å². The lowest BCUT2D eigenvalue weighted by Gasteiger charge is -2.34. The molecule has 0 radical (unpaired) electrons. The molecule has 36 heavy (non-hydrogen) atoms. The van der Waals surface area contributed by atoms with Gasteiger partial charge in [0.05, 0.1) is 17.4 Å². The fourth-order valence-electron chi connectivity index (χ4n) is 4.34. The van der Waals surface area contributed by atoms with Crippen molar-refractivity contribution in [2.45, 2.75) is 58.0 Å². The van der Waals surface area contributed by atoms with Gasteiger partial charge in [0, 0.05) is 55.0 Å². The zero-order valence-corrected chi connectivity index (χ0v) is 21.0. The van der Waals surface area contributed by atoms with Crippen LogP contribution in [0.2, 0.25) is 0 Å². The summed E-state index contributed by atoms with van der Waals surface area (Å²) in [4.78, 5) is 34.8. The summed E-state index contributed by atoms with van der Waals surface area (Å²) in [5, 5.41) is 7.35. The van der Waals surface area contributed by atoms with Gasteiger partial charge in [-0.15, -0.1) is 0 Å². The molecule has 1 aliphatic heterocycles. The van der Waals surface area contributed by atoms with Crippen LogP contribution in [0.25, 0.3) is 21.6 Å². The van der Waals surface area contributed by atoms with E-state index in [0.29, 0.717) is 38.2 Å². The first-order valence-electron chi connectivity index (χ1n) is 12.3. The van der Waals surface area contributed by atoms with E-state index in [1.54, 1.807) is 27.9 Å². The minimum atomic E-state index is -0.526. The molecule has 1 unspecified atom stereocenters. The third kappa shape index (κ3) is 6.19. The van der Waals surface area contributed by atoms with Gasteiger partial charge in [0.25, 0.3) is 0 Å². The lowest BCUT2D eigenvalue weighted by atomic mass is 9.94. The fraction of sp³-hybridized carbons (Fsp3) is 0.444. The molecule has 0 spiro atoms. The first kappa shape index (κ1) is 25.2. The van der Waals surface area contributed by atoms with Crippen LogP contribution in [-0.2, 0) is 9.53 Å². The fourth-order valence-corrected chi connectivity index (χ4v) is 4.34. The van der Waals surface area contributed by atoms with Crippen molar-refractivity contribution >= 4 is 23.2 Å². The first-order valence-corrected chi connectivity index (χ1v) is 12.3. The van der Waals surface area contributed by atoms with Crippen LogP contribution in [0.4, 0.5) is 10.5 Å². The molecule has 0 bridgehead atoms. The van der Waals surface area contributed by atoms with Gasteiger partial charge in [0.15, 0.2) is 0 Å². The van der Waals surface area contributed by atoms with E-state index < -0.39 is 5.60 Å². The monoisotopic (exact) mass is 488 g/mol. The van der Waals surface area contributed by atoms with Gasteiger partial charge in [0.1, 0.15) is 5.60 Å². The Hall–Kier alpha value is -3.93. The van der Waals surface area contributed by atoms with Crippen molar-refractivity contribution in [3.8, 4) is 11.3 Å². The van der Waals surface area contributed by atoms with Crippen molar-refractivity contribution < 1.29 is 14.3 Å². The van der Waals surface area contributed by atoms with E-state index >= 15 is 0 Å². The maximum Gasteiger partial charge on any atom is 0.410 e. The summed E-state index contributed by atoms with van der Waals surface area (Å²) in [5.41, 5.74) is 3.57. The number of ether oxygens (including phenoxy) is 1. The van der Waals surface area contributed by atoms with Gasteiger partial charge in [-0.2, -0.15) is 5.10 Å². The largest absolute Gasteiger partial charge is 0.444 e. The van der Waals surface area contributed by atoms with Crippen LogP contribution in [0.1, 0.15) is 58.1 Å². The predicted molar refractivity (Wildman–Crippen MR) is 138 cm³/mol. The van der Waals surface area contributed by atoms with Gasteiger partial charge in [-0.1, -0.05) is 6.07 Å². The molecule has 1 atom stereocenters. The summed E-state index contributed by atoms with van der Waals surface area (Å²) in [6.07, 6.45) is 5.99. The number of amides is 2. The number of piperidine rings is 1. The third-order valence-corrected chi connectivity index (χ3v) is 6.02. The second-order valence-electron chi connectivity index (χ2n) is 10.1. The molecule has 4 rings (SSSR count). The van der Waals surface area contributed by atoms with Gasteiger partial charge in [-0.25, -0.2) is 15.9 Å². The molecule has 3 aromatic heterocycles. The number of hydrogen-bond acceptors (Lipinski definition) is 5. The van der Waals surface area contributed by atoms with E-state index in [0.717, 1.165) is 35.3 Å². The molecule has 4 heterocycles. The lowest BCUT2D eigenvalue weighted by molar-refractivity contribution is -0.116. The molecule has 1 N–H and O–H groups in total. The highest BCUT2D eigenvalue weighted by atomic mass is 16.6. The average molecular weight is 489 g/mol. The van der Waals surface area contributed by atoms with Gasteiger partial charge in [-0.3, -0.25) is 9.78 Å². The number of carbonyl (C=O) groups excluding carboxylic acids is 2. The number of anilines is 1. The second kappa shape index (κ2) is 10.8. The zero-order chi connectivity index (χ0) is 25.7. The summed E-state index contributed by atoms with van der Waals surface area (Å²) in [6, 6.07) is 9.62. The van der Waals surface area contributed by atoms with Crippen molar-refractivity contribution in [1.29, 1.82) is 0 Å². The highest BCUT2D eigenvalue weighted by Crippen LogP contribution is 2.30. The zero-order valence-electron chi connectivity index (χ0n) is 21.0. The Kier molecular flexibility index (Phi) is 7.53. The number of hydrogen-bond donors (Lipinski definition) is 1. The topological polar surface area (TPSA) is 93.2 Å². The van der Waals surface area contributed by atoms with E-state index in [9.17, 15) is 9.59 Å². The molecule has 9 heteroatoms. The Morgan fingerprint density at radius 3 is 2.89 bits per heavy atom. The second-order valence-corrected chi connectivity index (χ2v) is 10.1. The molecule has 2 amide bonds. The minimum absolute atomic E-state index is 0.115. The van der Waals surface area contributed by atoms with Gasteiger partial charge >= 0.3 is 6.09 Å². The molecule has 0 aliphatic carbocycles. The van der Waals surface area contributed by atoms with E-state index in [-0.39, 0.29) is 17.9 Å². The number of nitrogens with one attached hydrogen (secondary N) is 1. The Bertz CT molecular complexity index is 1290. The summed E-state index contributed by atoms with van der Waals surface area (Å²) in [7, 11) is 0. The maximum absolute atomic E-state index is 12.6. The SMILES string of the molecule is [C-]#[N+]CCCC(=O)Nc1ccn2ncc(-c3cccc(C4CCCN(C(=O)OC(C)(C)C)C4)n3)c2c1. The number of fused-ring (bicyclic) bond motifs is 1. The molecule has 0 saturated carbocycles. The van der Waals surface area contributed by atoms with E-state index in [1.165, 1.54) is 0 Å². The number of likely N-dealkylation sites (tertiary alicyclic amines) is 1. The van der Waals surface area contributed by atoms with Crippen molar-refractivity contribution in [2.24, 2.45) is 0 Å². The van der Waals surface area contributed by atoms with Crippen LogP contribution in [0.3, 0.4) is 0 Å². The van der Waals surface area contributed by atoms with Crippen LogP contribution in [-0.4, -0.2) is 56.7 Å². The Balaban J connectivity index is 1.52. The lowest BCUT2D eigenvalue weighted by Crippen LogP contribution is -2.42. The minimum Gasteiger partial charge on any atom is -0.444 e. The number of aromatic nitrogens is 3. The molecule has 3 aromatic rings. The smallest absolute Gasteiger partial charge is 0.410 e. The molecule has 1 saturated heterocycles. The molecule has 9 nitrogen and oxygen atoms in total. The maximum atomic E-state index is 12.6. The summed E-state index contributed by atoms with van der Waals surface area (Å²) >= 11 is 0. The van der Waals surface area contributed by atoms with Crippen molar-refractivity contribution in [3.63, 3.8) is 0 Å². The van der Waals surface area contributed by atoms with Gasteiger partial charge < -0.3 is 19.8 Å². The van der Waals surface area contributed by atoms with Crippen LogP contribution < -0.4 is 5.32 Å². The van der Waals surface area contributed by atoms with Crippen LogP contribution in [0.15, 0.2) is 42.7 Å². The molecular weight excluding hydrogens is 456 g/mol. The summed E-state index contributed by atoms with van der Waals surface area (Å²) in [5.74, 6) is 0.00869. The van der Waals surface area contributed by atoms with E-state index in [4.69, 9.17) is 16.3 Å². The van der Waals surface area contributed by atoms with Crippen molar-refractivity contribution in [2.75, 3.05) is 25.0 Å². The van der Waals surface area contributed by atoms with E-state index in [2.05, 4.69) is 15.3 Å². The highest BCUT2D eigenvalue weighted by Gasteiger charge is 2.29. The predicted octanol–water partition coefficient (Wildman–Crippen LogP) is 5.15. The number of rotatable bonds is 6. The quantitative estimate of drug-likeness (QED) is 0.383. The first-order chi connectivity index (χ1) is 17.2. The summed E-state index contributed by atoms with van der Waals surface area (Å²) < 4.78 is 7.32. The van der Waals surface area contributed by atoms with Gasteiger partial charge in [-0.05, 0) is 57.9 Å². The van der Waals surface area contributed by atoms with Crippen LogP contribution >= 0.6 is 0 Å². The molecule has 1 aliphatic rings. The number of pyridine rings is 2. The molecule has 0 aromatic carbocycles. The number of carbonyl (C=O) groups is 2. The normalized spacial score (nSPS) is 15.9. The summed E-state index contributed by atoms with van der Waals surface area (Å²) in [6.45, 7) is 14.1. The van der Waals surface area contributed by atoms with Crippen molar-refractivity contribution in [1.82, 2.24) is 19.5 Å². The Morgan fingerprint density at radius 2 is 2.11 bits per heavy atom. The van der Waals surface area contributed by atoms with Crippen LogP contribution in [0, 0.1) is 6.57 Å². The molecule has 1 fully saturated rings. The number of nitrogens with zero attached hydrogens (tertiary/aromatic N) is 5.